The van der Waals surface area contributed by atoms with Gasteiger partial charge in [-0.15, -0.1) is 0 Å². The first-order valence-corrected chi connectivity index (χ1v) is 7.17. The summed E-state index contributed by atoms with van der Waals surface area (Å²) in [5.41, 5.74) is 1.78. The zero-order valence-electron chi connectivity index (χ0n) is 11.8. The summed E-state index contributed by atoms with van der Waals surface area (Å²) in [7, 11) is 0. The van der Waals surface area contributed by atoms with E-state index in [0.717, 1.165) is 10.2 Å². The Morgan fingerprint density at radius 1 is 1.10 bits per heavy atom. The molecule has 2 nitrogen and oxygen atoms in total. The van der Waals surface area contributed by atoms with Crippen molar-refractivity contribution in [1.82, 2.24) is 0 Å². The molecule has 0 saturated carbocycles. The number of hydrogen-bond donors (Lipinski definition) is 0. The fourth-order valence-electron chi connectivity index (χ4n) is 1.83. The van der Waals surface area contributed by atoms with E-state index in [1.54, 1.807) is 6.07 Å². The van der Waals surface area contributed by atoms with Gasteiger partial charge in [0.1, 0.15) is 17.6 Å². The molecule has 0 atom stereocenters. The van der Waals surface area contributed by atoms with Crippen LogP contribution in [0.1, 0.15) is 31.9 Å². The van der Waals surface area contributed by atoms with Crippen molar-refractivity contribution in [3.8, 4) is 17.6 Å². The third-order valence-electron chi connectivity index (χ3n) is 2.99. The summed E-state index contributed by atoms with van der Waals surface area (Å²) in [5.74, 6) is 1.31. The van der Waals surface area contributed by atoms with Crippen LogP contribution in [0.25, 0.3) is 0 Å². The maximum Gasteiger partial charge on any atom is 0.146 e. The Bertz CT molecular complexity index is 665. The van der Waals surface area contributed by atoms with Gasteiger partial charge in [0, 0.05) is 4.47 Å². The van der Waals surface area contributed by atoms with Crippen molar-refractivity contribution in [2.45, 2.75) is 26.2 Å². The van der Waals surface area contributed by atoms with Crippen LogP contribution < -0.4 is 4.74 Å². The number of nitriles is 1. The Hall–Kier alpha value is -1.79. The second kappa shape index (κ2) is 5.68. The molecule has 0 aliphatic heterocycles. The molecule has 0 amide bonds. The van der Waals surface area contributed by atoms with Crippen LogP contribution in [0.2, 0.25) is 0 Å². The quantitative estimate of drug-likeness (QED) is 0.737. The molecule has 2 rings (SSSR count). The molecule has 102 valence electrons. The number of ether oxygens (including phenoxy) is 1. The van der Waals surface area contributed by atoms with Crippen molar-refractivity contribution in [2.75, 3.05) is 0 Å². The van der Waals surface area contributed by atoms with E-state index in [-0.39, 0.29) is 5.41 Å². The highest BCUT2D eigenvalue weighted by Crippen LogP contribution is 2.31. The lowest BCUT2D eigenvalue weighted by Gasteiger charge is -2.19. The van der Waals surface area contributed by atoms with Crippen LogP contribution in [0.5, 0.6) is 11.5 Å². The van der Waals surface area contributed by atoms with Crippen molar-refractivity contribution in [3.63, 3.8) is 0 Å². The molecule has 0 unspecified atom stereocenters. The molecule has 0 aliphatic rings. The first-order valence-electron chi connectivity index (χ1n) is 6.38. The van der Waals surface area contributed by atoms with Gasteiger partial charge < -0.3 is 4.74 Å². The number of hydrogen-bond acceptors (Lipinski definition) is 2. The summed E-state index contributed by atoms with van der Waals surface area (Å²) in [5, 5.41) is 9.13. The van der Waals surface area contributed by atoms with Crippen LogP contribution in [0.4, 0.5) is 0 Å². The smallest absolute Gasteiger partial charge is 0.146 e. The van der Waals surface area contributed by atoms with Gasteiger partial charge in [-0.3, -0.25) is 0 Å². The molecule has 0 heterocycles. The monoisotopic (exact) mass is 329 g/mol. The molecule has 3 heteroatoms. The third kappa shape index (κ3) is 3.40. The molecule has 0 radical (unpaired) electrons. The van der Waals surface area contributed by atoms with Crippen LogP contribution in [-0.2, 0) is 5.41 Å². The molecular weight excluding hydrogens is 314 g/mol. The van der Waals surface area contributed by atoms with Gasteiger partial charge >= 0.3 is 0 Å². The number of halogens is 1. The largest absolute Gasteiger partial charge is 0.456 e. The van der Waals surface area contributed by atoms with Crippen molar-refractivity contribution in [3.05, 3.63) is 58.1 Å². The Balaban J connectivity index is 2.36. The Labute approximate surface area is 128 Å². The van der Waals surface area contributed by atoms with Gasteiger partial charge in [-0.05, 0) is 41.3 Å². The molecule has 0 spiro atoms. The lowest BCUT2D eigenvalue weighted by molar-refractivity contribution is 0.477. The van der Waals surface area contributed by atoms with Crippen LogP contribution in [0.15, 0.2) is 46.9 Å². The van der Waals surface area contributed by atoms with Crippen LogP contribution in [0.3, 0.4) is 0 Å². The Morgan fingerprint density at radius 2 is 1.85 bits per heavy atom. The summed E-state index contributed by atoms with van der Waals surface area (Å²) >= 11 is 3.40. The second-order valence-corrected chi connectivity index (χ2v) is 6.55. The van der Waals surface area contributed by atoms with Crippen molar-refractivity contribution in [1.29, 1.82) is 5.26 Å². The standard InChI is InChI=1S/C17H16BrNO/c1-17(2,3)13-5-4-6-15(9-13)20-16-10-14(18)8-7-12(16)11-19/h4-10H,1-3H3. The van der Waals surface area contributed by atoms with E-state index in [4.69, 9.17) is 10.00 Å². The average Bonchev–Trinajstić information content (AvgIpc) is 2.38. The van der Waals surface area contributed by atoms with Crippen LogP contribution in [-0.4, -0.2) is 0 Å². The minimum Gasteiger partial charge on any atom is -0.456 e. The van der Waals surface area contributed by atoms with Gasteiger partial charge in [0.25, 0.3) is 0 Å². The maximum atomic E-state index is 9.13. The molecule has 0 N–H and O–H groups in total. The predicted octanol–water partition coefficient (Wildman–Crippen LogP) is 5.41. The van der Waals surface area contributed by atoms with Crippen molar-refractivity contribution in [2.24, 2.45) is 0 Å². The molecule has 2 aromatic carbocycles. The van der Waals surface area contributed by atoms with Crippen molar-refractivity contribution < 1.29 is 4.74 Å². The van der Waals surface area contributed by atoms with E-state index in [2.05, 4.69) is 48.8 Å². The average molecular weight is 330 g/mol. The molecule has 20 heavy (non-hydrogen) atoms. The summed E-state index contributed by atoms with van der Waals surface area (Å²) < 4.78 is 6.75. The summed E-state index contributed by atoms with van der Waals surface area (Å²) in [4.78, 5) is 0. The topological polar surface area (TPSA) is 33.0 Å². The van der Waals surface area contributed by atoms with Gasteiger partial charge in [0.15, 0.2) is 0 Å². The third-order valence-corrected chi connectivity index (χ3v) is 3.49. The lowest BCUT2D eigenvalue weighted by atomic mass is 9.87. The molecule has 0 saturated heterocycles. The number of benzene rings is 2. The van der Waals surface area contributed by atoms with E-state index in [1.165, 1.54) is 5.56 Å². The fraction of sp³-hybridized carbons (Fsp3) is 0.235. The summed E-state index contributed by atoms with van der Waals surface area (Å²) in [6.07, 6.45) is 0. The molecule has 0 bridgehead atoms. The maximum absolute atomic E-state index is 9.13. The van der Waals surface area contributed by atoms with E-state index < -0.39 is 0 Å². The molecule has 0 aromatic heterocycles. The number of nitrogens with zero attached hydrogens (tertiary/aromatic N) is 1. The zero-order chi connectivity index (χ0) is 14.8. The minimum atomic E-state index is 0.0642. The van der Waals surface area contributed by atoms with Gasteiger partial charge in [-0.1, -0.05) is 48.8 Å². The van der Waals surface area contributed by atoms with E-state index in [1.807, 2.05) is 30.3 Å². The molecule has 0 aliphatic carbocycles. The van der Waals surface area contributed by atoms with Gasteiger partial charge in [0.05, 0.1) is 5.56 Å². The van der Waals surface area contributed by atoms with Gasteiger partial charge in [-0.2, -0.15) is 5.26 Å². The highest BCUT2D eigenvalue weighted by atomic mass is 79.9. The predicted molar refractivity (Wildman–Crippen MR) is 84.1 cm³/mol. The summed E-state index contributed by atoms with van der Waals surface area (Å²) in [6.45, 7) is 6.48. The van der Waals surface area contributed by atoms with Gasteiger partial charge in [0.2, 0.25) is 0 Å². The summed E-state index contributed by atoms with van der Waals surface area (Å²) in [6, 6.07) is 15.5. The molecule has 2 aromatic rings. The highest BCUT2D eigenvalue weighted by molar-refractivity contribution is 9.10. The number of rotatable bonds is 2. The lowest BCUT2D eigenvalue weighted by Crippen LogP contribution is -2.10. The molecule has 0 fully saturated rings. The van der Waals surface area contributed by atoms with Crippen LogP contribution in [0, 0.1) is 11.3 Å². The van der Waals surface area contributed by atoms with Crippen molar-refractivity contribution >= 4 is 15.9 Å². The van der Waals surface area contributed by atoms with E-state index >= 15 is 0 Å². The first kappa shape index (κ1) is 14.6. The highest BCUT2D eigenvalue weighted by Gasteiger charge is 2.14. The second-order valence-electron chi connectivity index (χ2n) is 5.63. The van der Waals surface area contributed by atoms with Crippen LogP contribution >= 0.6 is 15.9 Å². The van der Waals surface area contributed by atoms with E-state index in [0.29, 0.717) is 11.3 Å². The fourth-order valence-corrected chi connectivity index (χ4v) is 2.17. The molecular formula is C17H16BrNO. The Kier molecular flexibility index (Phi) is 4.15. The minimum absolute atomic E-state index is 0.0642. The zero-order valence-corrected chi connectivity index (χ0v) is 13.4. The SMILES string of the molecule is CC(C)(C)c1cccc(Oc2cc(Br)ccc2C#N)c1. The first-order chi connectivity index (χ1) is 9.40. The van der Waals surface area contributed by atoms with Gasteiger partial charge in [-0.25, -0.2) is 0 Å². The normalized spacial score (nSPS) is 10.9. The Morgan fingerprint density at radius 3 is 2.50 bits per heavy atom. The van der Waals surface area contributed by atoms with E-state index in [9.17, 15) is 0 Å².